The quantitative estimate of drug-likeness (QED) is 0.157. The maximum atomic E-state index is 2.45. The molecule has 1 fully saturated rings. The Morgan fingerprint density at radius 2 is 0.883 bits per heavy atom. The summed E-state index contributed by atoms with van der Waals surface area (Å²) in [5.74, 6) is 1.37. The molecular formula is C60H42. The van der Waals surface area contributed by atoms with E-state index in [0.717, 1.165) is 0 Å². The largest absolute Gasteiger partial charge is 0.0802 e. The van der Waals surface area contributed by atoms with E-state index in [9.17, 15) is 0 Å². The van der Waals surface area contributed by atoms with E-state index in [1.54, 1.807) is 5.56 Å². The van der Waals surface area contributed by atoms with Crippen LogP contribution >= 0.6 is 0 Å². The summed E-state index contributed by atoms with van der Waals surface area (Å²) in [4.78, 5) is 0. The second kappa shape index (κ2) is 12.5. The van der Waals surface area contributed by atoms with Crippen molar-refractivity contribution in [1.29, 1.82) is 0 Å². The van der Waals surface area contributed by atoms with Crippen LogP contribution in [0.15, 0.2) is 188 Å². The molecule has 0 heteroatoms. The Bertz CT molecular complexity index is 3410. The van der Waals surface area contributed by atoms with Gasteiger partial charge in [-0.25, -0.2) is 0 Å². The molecule has 10 aromatic rings. The molecular weight excluding hydrogens is 721 g/mol. The highest BCUT2D eigenvalue weighted by atomic mass is 14.4. The van der Waals surface area contributed by atoms with Crippen LogP contribution in [-0.4, -0.2) is 0 Å². The van der Waals surface area contributed by atoms with Crippen LogP contribution in [0.5, 0.6) is 0 Å². The number of fused-ring (bicyclic) bond motifs is 11. The minimum Gasteiger partial charge on any atom is -0.0802 e. The summed E-state index contributed by atoms with van der Waals surface area (Å²) in [5.41, 5.74) is 18.6. The molecule has 0 radical (unpaired) electrons. The van der Waals surface area contributed by atoms with Gasteiger partial charge in [0.05, 0.1) is 0 Å². The van der Waals surface area contributed by atoms with Crippen LogP contribution in [0.1, 0.15) is 48.4 Å². The number of rotatable bonds is 4. The molecule has 0 nitrogen and oxygen atoms in total. The van der Waals surface area contributed by atoms with Gasteiger partial charge in [-0.05, 0) is 164 Å². The Morgan fingerprint density at radius 3 is 1.52 bits per heavy atom. The van der Waals surface area contributed by atoms with Crippen molar-refractivity contribution in [3.05, 3.63) is 210 Å². The van der Waals surface area contributed by atoms with Gasteiger partial charge in [0, 0.05) is 5.41 Å². The Balaban J connectivity index is 0.903. The molecule has 0 N–H and O–H groups in total. The van der Waals surface area contributed by atoms with Crippen LogP contribution in [-0.2, 0) is 5.41 Å². The minimum absolute atomic E-state index is 0.0398. The van der Waals surface area contributed by atoms with Crippen molar-refractivity contribution in [3.8, 4) is 55.6 Å². The molecule has 10 aromatic carbocycles. The van der Waals surface area contributed by atoms with Crippen molar-refractivity contribution in [2.24, 2.45) is 5.92 Å². The maximum absolute atomic E-state index is 2.45. The third-order valence-corrected chi connectivity index (χ3v) is 14.3. The Labute approximate surface area is 351 Å². The van der Waals surface area contributed by atoms with Gasteiger partial charge in [-0.3, -0.25) is 0 Å². The molecule has 3 aliphatic carbocycles. The number of hydrogen-bond acceptors (Lipinski definition) is 0. The Morgan fingerprint density at radius 1 is 0.400 bits per heavy atom. The van der Waals surface area contributed by atoms with Gasteiger partial charge in [0.1, 0.15) is 0 Å². The van der Waals surface area contributed by atoms with Crippen LogP contribution in [0.2, 0.25) is 0 Å². The summed E-state index contributed by atoms with van der Waals surface area (Å²) in [6.45, 7) is 4.74. The van der Waals surface area contributed by atoms with Crippen molar-refractivity contribution < 1.29 is 0 Å². The van der Waals surface area contributed by atoms with Gasteiger partial charge >= 0.3 is 0 Å². The van der Waals surface area contributed by atoms with E-state index in [4.69, 9.17) is 0 Å². The van der Waals surface area contributed by atoms with Crippen LogP contribution in [0.4, 0.5) is 0 Å². The van der Waals surface area contributed by atoms with E-state index in [1.807, 2.05) is 0 Å². The SMILES string of the molecule is CC1(C)c2ccc(-c3ccc(-c4c5ccccc5c(-c5ccc(-c6cc7ccccc7c7c6C=CC6CC76)cc5)c5ccccc45)cc3)cc2-c2cc3ccccc3cc21. The van der Waals surface area contributed by atoms with E-state index in [1.165, 1.54) is 122 Å². The molecule has 0 saturated heterocycles. The number of hydrogen-bond donors (Lipinski definition) is 0. The topological polar surface area (TPSA) is 0 Å². The van der Waals surface area contributed by atoms with Crippen molar-refractivity contribution in [2.45, 2.75) is 31.6 Å². The molecule has 2 unspecified atom stereocenters. The lowest BCUT2D eigenvalue weighted by molar-refractivity contribution is 0.661. The number of benzene rings is 10. The summed E-state index contributed by atoms with van der Waals surface area (Å²) in [6, 6.07) is 68.8. The first-order chi connectivity index (χ1) is 29.5. The third-order valence-electron chi connectivity index (χ3n) is 14.3. The Hall–Kier alpha value is -7.02. The summed E-state index contributed by atoms with van der Waals surface area (Å²) < 4.78 is 0. The lowest BCUT2D eigenvalue weighted by atomic mass is 9.81. The average molecular weight is 763 g/mol. The molecule has 1 saturated carbocycles. The molecule has 2 atom stereocenters. The second-order valence-corrected chi connectivity index (χ2v) is 18.0. The molecule has 0 aromatic heterocycles. The van der Waals surface area contributed by atoms with Crippen LogP contribution < -0.4 is 0 Å². The fourth-order valence-corrected chi connectivity index (χ4v) is 11.2. The fourth-order valence-electron chi connectivity index (χ4n) is 11.2. The minimum atomic E-state index is -0.0398. The second-order valence-electron chi connectivity index (χ2n) is 18.0. The highest BCUT2D eigenvalue weighted by molar-refractivity contribution is 6.21. The molecule has 60 heavy (non-hydrogen) atoms. The molecule has 13 rings (SSSR count). The molecule has 0 heterocycles. The molecule has 0 amide bonds. The van der Waals surface area contributed by atoms with Crippen molar-refractivity contribution >= 4 is 49.2 Å². The predicted octanol–water partition coefficient (Wildman–Crippen LogP) is 16.4. The van der Waals surface area contributed by atoms with E-state index < -0.39 is 0 Å². The first-order valence-corrected chi connectivity index (χ1v) is 21.6. The average Bonchev–Trinajstić information content (AvgIpc) is 4.07. The van der Waals surface area contributed by atoms with Gasteiger partial charge in [-0.1, -0.05) is 184 Å². The van der Waals surface area contributed by atoms with E-state index in [2.05, 4.69) is 208 Å². The van der Waals surface area contributed by atoms with Gasteiger partial charge in [0.2, 0.25) is 0 Å². The molecule has 0 aliphatic heterocycles. The van der Waals surface area contributed by atoms with Crippen LogP contribution in [0, 0.1) is 5.92 Å². The molecule has 0 bridgehead atoms. The molecule has 3 aliphatic rings. The first kappa shape index (κ1) is 33.9. The normalized spacial score (nSPS) is 16.8. The highest BCUT2D eigenvalue weighted by Gasteiger charge is 2.41. The fraction of sp³-hybridized carbons (Fsp3) is 0.100. The zero-order valence-electron chi connectivity index (χ0n) is 33.8. The lowest BCUT2D eigenvalue weighted by Crippen LogP contribution is -2.14. The van der Waals surface area contributed by atoms with Gasteiger partial charge in [-0.15, -0.1) is 0 Å². The van der Waals surface area contributed by atoms with Gasteiger partial charge < -0.3 is 0 Å². The monoisotopic (exact) mass is 762 g/mol. The van der Waals surface area contributed by atoms with E-state index >= 15 is 0 Å². The van der Waals surface area contributed by atoms with E-state index in [0.29, 0.717) is 11.8 Å². The molecule has 282 valence electrons. The maximum Gasteiger partial charge on any atom is 0.0159 e. The smallest absolute Gasteiger partial charge is 0.0159 e. The van der Waals surface area contributed by atoms with Gasteiger partial charge in [0.25, 0.3) is 0 Å². The van der Waals surface area contributed by atoms with E-state index in [-0.39, 0.29) is 5.41 Å². The van der Waals surface area contributed by atoms with Gasteiger partial charge in [-0.2, -0.15) is 0 Å². The first-order valence-electron chi connectivity index (χ1n) is 21.6. The number of allylic oxidation sites excluding steroid dienone is 1. The van der Waals surface area contributed by atoms with Crippen LogP contribution in [0.25, 0.3) is 105 Å². The highest BCUT2D eigenvalue weighted by Crippen LogP contribution is 2.56. The van der Waals surface area contributed by atoms with Crippen molar-refractivity contribution in [3.63, 3.8) is 0 Å². The summed E-state index contributed by atoms with van der Waals surface area (Å²) in [6.07, 6.45) is 6.12. The zero-order valence-corrected chi connectivity index (χ0v) is 33.8. The van der Waals surface area contributed by atoms with Crippen LogP contribution in [0.3, 0.4) is 0 Å². The van der Waals surface area contributed by atoms with Crippen molar-refractivity contribution in [1.82, 2.24) is 0 Å². The lowest BCUT2D eigenvalue weighted by Gasteiger charge is -2.22. The summed E-state index contributed by atoms with van der Waals surface area (Å²) in [5, 5.41) is 10.5. The summed E-state index contributed by atoms with van der Waals surface area (Å²) >= 11 is 0. The predicted molar refractivity (Wildman–Crippen MR) is 256 cm³/mol. The van der Waals surface area contributed by atoms with Crippen molar-refractivity contribution in [2.75, 3.05) is 0 Å². The molecule has 0 spiro atoms. The summed E-state index contributed by atoms with van der Waals surface area (Å²) in [7, 11) is 0. The third kappa shape index (κ3) is 4.91. The Kier molecular flexibility index (Phi) is 7.06. The zero-order chi connectivity index (χ0) is 39.7. The standard InChI is InChI=1S/C60H42/c1-60(2)55-30-28-42(32-53(55)54-31-40-11-3-4-12-41(40)35-56(54)60)36-19-23-38(24-20-36)57-46-15-7-9-17-48(46)58(49-18-10-8-16-47(49)57)39-25-21-37(22-26-39)51-33-43-13-5-6-14-45(43)59-50(51)29-27-44-34-52(44)59/h3-33,35,44,52H,34H2,1-2H3. The van der Waals surface area contributed by atoms with Gasteiger partial charge in [0.15, 0.2) is 0 Å².